The highest BCUT2D eigenvalue weighted by molar-refractivity contribution is 9.10. The minimum atomic E-state index is -3.73. The Morgan fingerprint density at radius 2 is 1.87 bits per heavy atom. The maximum Gasteiger partial charge on any atom is 0.307 e. The summed E-state index contributed by atoms with van der Waals surface area (Å²) in [5.74, 6) is -0.844. The number of benzene rings is 2. The lowest BCUT2D eigenvalue weighted by Crippen LogP contribution is -2.34. The van der Waals surface area contributed by atoms with Crippen LogP contribution in [0.3, 0.4) is 0 Å². The molecule has 2 rings (SSSR count). The maximum absolute atomic E-state index is 12.5. The quantitative estimate of drug-likeness (QED) is 0.519. The largest absolute Gasteiger partial charge is 0.469 e. The molecule has 2 aromatic carbocycles. The van der Waals surface area contributed by atoms with Crippen LogP contribution in [0.1, 0.15) is 35.6 Å². The molecule has 0 aliphatic carbocycles. The SMILES string of the molecule is COC(=O)CC(NC(=O)CCNS(=O)(=O)c1cc(C)ccc1C)c1cccc(Br)c1. The van der Waals surface area contributed by atoms with Gasteiger partial charge in [0.1, 0.15) is 0 Å². The van der Waals surface area contributed by atoms with Crippen molar-refractivity contribution in [3.05, 3.63) is 63.6 Å². The summed E-state index contributed by atoms with van der Waals surface area (Å²) in [5.41, 5.74) is 2.20. The summed E-state index contributed by atoms with van der Waals surface area (Å²) in [5, 5.41) is 2.78. The summed E-state index contributed by atoms with van der Waals surface area (Å²) in [7, 11) is -2.45. The highest BCUT2D eigenvalue weighted by atomic mass is 79.9. The van der Waals surface area contributed by atoms with E-state index in [4.69, 9.17) is 4.74 Å². The third kappa shape index (κ3) is 6.93. The highest BCUT2D eigenvalue weighted by Gasteiger charge is 2.21. The van der Waals surface area contributed by atoms with Crippen molar-refractivity contribution in [2.45, 2.75) is 37.6 Å². The molecule has 7 nitrogen and oxygen atoms in total. The standard InChI is InChI=1S/C21H25BrN2O5S/c1-14-7-8-15(2)19(11-14)30(27,28)23-10-9-20(25)24-18(13-21(26)29-3)16-5-4-6-17(22)12-16/h4-8,11-12,18,23H,9-10,13H2,1-3H3,(H,24,25). The Bertz CT molecular complexity index is 1020. The molecule has 0 spiro atoms. The summed E-state index contributed by atoms with van der Waals surface area (Å²) < 4.78 is 33.1. The number of carbonyl (C=O) groups excluding carboxylic acids is 2. The lowest BCUT2D eigenvalue weighted by atomic mass is 10.0. The van der Waals surface area contributed by atoms with Crippen LogP contribution in [0.4, 0.5) is 0 Å². The van der Waals surface area contributed by atoms with E-state index in [1.54, 1.807) is 37.3 Å². The molecule has 30 heavy (non-hydrogen) atoms. The van der Waals surface area contributed by atoms with Gasteiger partial charge < -0.3 is 10.1 Å². The van der Waals surface area contributed by atoms with E-state index in [0.717, 1.165) is 15.6 Å². The van der Waals surface area contributed by atoms with Crippen LogP contribution in [0.5, 0.6) is 0 Å². The van der Waals surface area contributed by atoms with Crippen LogP contribution in [0.2, 0.25) is 0 Å². The van der Waals surface area contributed by atoms with Crippen LogP contribution in [-0.4, -0.2) is 33.9 Å². The van der Waals surface area contributed by atoms with E-state index in [9.17, 15) is 18.0 Å². The second kappa shape index (κ2) is 10.7. The molecule has 0 aliphatic heterocycles. The van der Waals surface area contributed by atoms with Crippen LogP contribution in [0.15, 0.2) is 51.8 Å². The van der Waals surface area contributed by atoms with Gasteiger partial charge in [0, 0.05) is 17.4 Å². The Hall–Kier alpha value is -2.23. The van der Waals surface area contributed by atoms with Crippen molar-refractivity contribution in [2.75, 3.05) is 13.7 Å². The number of hydrogen-bond donors (Lipinski definition) is 2. The van der Waals surface area contributed by atoms with Crippen molar-refractivity contribution < 1.29 is 22.7 Å². The van der Waals surface area contributed by atoms with Crippen molar-refractivity contribution in [3.8, 4) is 0 Å². The van der Waals surface area contributed by atoms with E-state index in [-0.39, 0.29) is 30.2 Å². The fraction of sp³-hybridized carbons (Fsp3) is 0.333. The van der Waals surface area contributed by atoms with Gasteiger partial charge in [0.25, 0.3) is 0 Å². The average molecular weight is 497 g/mol. The second-order valence-electron chi connectivity index (χ2n) is 6.87. The zero-order chi connectivity index (χ0) is 22.3. The third-order valence-electron chi connectivity index (χ3n) is 4.46. The molecule has 9 heteroatoms. The van der Waals surface area contributed by atoms with Crippen LogP contribution in [0.25, 0.3) is 0 Å². The monoisotopic (exact) mass is 496 g/mol. The lowest BCUT2D eigenvalue weighted by molar-refractivity contribution is -0.141. The summed E-state index contributed by atoms with van der Waals surface area (Å²) in [6, 6.07) is 11.8. The zero-order valence-corrected chi connectivity index (χ0v) is 19.5. The van der Waals surface area contributed by atoms with Gasteiger partial charge in [-0.15, -0.1) is 0 Å². The fourth-order valence-electron chi connectivity index (χ4n) is 2.87. The van der Waals surface area contributed by atoms with Gasteiger partial charge in [-0.05, 0) is 48.7 Å². The van der Waals surface area contributed by atoms with Crippen LogP contribution in [-0.2, 0) is 24.3 Å². The second-order valence-corrected chi connectivity index (χ2v) is 9.52. The molecule has 1 unspecified atom stereocenters. The number of carbonyl (C=O) groups is 2. The molecule has 0 heterocycles. The van der Waals surface area contributed by atoms with E-state index in [1.165, 1.54) is 7.11 Å². The van der Waals surface area contributed by atoms with Crippen molar-refractivity contribution in [1.29, 1.82) is 0 Å². The fourth-order valence-corrected chi connectivity index (χ4v) is 4.64. The number of aryl methyl sites for hydroxylation is 2. The average Bonchev–Trinajstić information content (AvgIpc) is 2.69. The van der Waals surface area contributed by atoms with Gasteiger partial charge in [-0.2, -0.15) is 0 Å². The highest BCUT2D eigenvalue weighted by Crippen LogP contribution is 2.22. The summed E-state index contributed by atoms with van der Waals surface area (Å²) >= 11 is 3.37. The predicted molar refractivity (Wildman–Crippen MR) is 117 cm³/mol. The number of hydrogen-bond acceptors (Lipinski definition) is 5. The van der Waals surface area contributed by atoms with E-state index >= 15 is 0 Å². The molecule has 1 atom stereocenters. The number of ether oxygens (including phenoxy) is 1. The van der Waals surface area contributed by atoms with Crippen molar-refractivity contribution >= 4 is 37.8 Å². The number of amides is 1. The van der Waals surface area contributed by atoms with Crippen LogP contribution >= 0.6 is 15.9 Å². The number of sulfonamides is 1. The van der Waals surface area contributed by atoms with Crippen LogP contribution in [0, 0.1) is 13.8 Å². The Labute approximate surface area is 185 Å². The molecule has 0 saturated heterocycles. The normalized spacial score (nSPS) is 12.3. The molecule has 162 valence electrons. The third-order valence-corrected chi connectivity index (χ3v) is 6.56. The molecular weight excluding hydrogens is 472 g/mol. The molecule has 0 aliphatic rings. The number of halogens is 1. The zero-order valence-electron chi connectivity index (χ0n) is 17.1. The topological polar surface area (TPSA) is 102 Å². The summed E-state index contributed by atoms with van der Waals surface area (Å²) in [4.78, 5) is 24.4. The molecule has 2 N–H and O–H groups in total. The number of methoxy groups -OCH3 is 1. The first kappa shape index (κ1) is 24.0. The van der Waals surface area contributed by atoms with Gasteiger partial charge in [0.2, 0.25) is 15.9 Å². The molecule has 0 fully saturated rings. The van der Waals surface area contributed by atoms with Crippen molar-refractivity contribution in [3.63, 3.8) is 0 Å². The molecule has 0 saturated carbocycles. The Morgan fingerprint density at radius 3 is 2.53 bits per heavy atom. The Kier molecular flexibility index (Phi) is 8.57. The van der Waals surface area contributed by atoms with E-state index in [0.29, 0.717) is 5.56 Å². The van der Waals surface area contributed by atoms with E-state index in [1.807, 2.05) is 19.1 Å². The first-order chi connectivity index (χ1) is 14.1. The first-order valence-electron chi connectivity index (χ1n) is 9.31. The molecule has 0 aromatic heterocycles. The minimum absolute atomic E-state index is 0.0348. The van der Waals surface area contributed by atoms with Gasteiger partial charge >= 0.3 is 5.97 Å². The van der Waals surface area contributed by atoms with E-state index < -0.39 is 22.0 Å². The predicted octanol–water partition coefficient (Wildman–Crippen LogP) is 3.15. The van der Waals surface area contributed by atoms with Crippen molar-refractivity contribution in [2.24, 2.45) is 0 Å². The minimum Gasteiger partial charge on any atom is -0.469 e. The summed E-state index contributed by atoms with van der Waals surface area (Å²) in [6.45, 7) is 3.47. The number of nitrogens with one attached hydrogen (secondary N) is 2. The molecular formula is C21H25BrN2O5S. The van der Waals surface area contributed by atoms with Crippen molar-refractivity contribution in [1.82, 2.24) is 10.0 Å². The molecule has 1 amide bonds. The van der Waals surface area contributed by atoms with E-state index in [2.05, 4.69) is 26.0 Å². The van der Waals surface area contributed by atoms with Gasteiger partial charge in [-0.25, -0.2) is 13.1 Å². The summed E-state index contributed by atoms with van der Waals surface area (Å²) in [6.07, 6.45) is -0.108. The first-order valence-corrected chi connectivity index (χ1v) is 11.6. The Balaban J connectivity index is 2.01. The van der Waals surface area contributed by atoms with Crippen LogP contribution < -0.4 is 10.0 Å². The number of rotatable bonds is 9. The molecule has 0 bridgehead atoms. The van der Waals surface area contributed by atoms with Gasteiger partial charge in [0.05, 0.1) is 24.5 Å². The lowest BCUT2D eigenvalue weighted by Gasteiger charge is -2.19. The molecule has 2 aromatic rings. The molecule has 0 radical (unpaired) electrons. The Morgan fingerprint density at radius 1 is 1.13 bits per heavy atom. The smallest absolute Gasteiger partial charge is 0.307 e. The van der Waals surface area contributed by atoms with Gasteiger partial charge in [-0.3, -0.25) is 9.59 Å². The van der Waals surface area contributed by atoms with Gasteiger partial charge in [0.15, 0.2) is 0 Å². The number of esters is 1. The van der Waals surface area contributed by atoms with Gasteiger partial charge in [-0.1, -0.05) is 40.2 Å². The maximum atomic E-state index is 12.5.